The van der Waals surface area contributed by atoms with Gasteiger partial charge in [-0.05, 0) is 36.8 Å². The zero-order chi connectivity index (χ0) is 10.5. The summed E-state index contributed by atoms with van der Waals surface area (Å²) in [4.78, 5) is 0. The fourth-order valence-electron chi connectivity index (χ4n) is 1.99. The first-order valence-corrected chi connectivity index (χ1v) is 6.80. The third-order valence-corrected chi connectivity index (χ3v) is 4.05. The molecule has 1 aliphatic carbocycles. The molecule has 82 valence electrons. The molecule has 0 aromatic heterocycles. The monoisotopic (exact) mass is 315 g/mol. The van der Waals surface area contributed by atoms with E-state index in [4.69, 9.17) is 0 Å². The average Bonchev–Trinajstić information content (AvgIpc) is 2.22. The van der Waals surface area contributed by atoms with Gasteiger partial charge in [0.1, 0.15) is 0 Å². The van der Waals surface area contributed by atoms with Crippen LogP contribution in [0, 0.1) is 0 Å². The van der Waals surface area contributed by atoms with Crippen LogP contribution in [-0.2, 0) is 12.8 Å². The summed E-state index contributed by atoms with van der Waals surface area (Å²) in [5.74, 6) is 0. The lowest BCUT2D eigenvalue weighted by atomic mass is 9.89. The summed E-state index contributed by atoms with van der Waals surface area (Å²) in [5.41, 5.74) is 3.10. The van der Waals surface area contributed by atoms with Crippen molar-refractivity contribution < 1.29 is 0 Å². The van der Waals surface area contributed by atoms with Crippen molar-refractivity contribution in [3.63, 3.8) is 0 Å². The third kappa shape index (κ3) is 3.45. The normalized spacial score (nSPS) is 19.5. The maximum Gasteiger partial charge on any atom is 0.0201 e. The summed E-state index contributed by atoms with van der Waals surface area (Å²) >= 11 is 2.39. The van der Waals surface area contributed by atoms with E-state index in [2.05, 4.69) is 50.2 Å². The van der Waals surface area contributed by atoms with Gasteiger partial charge in [0, 0.05) is 36.0 Å². The lowest BCUT2D eigenvalue weighted by Gasteiger charge is -2.18. The first-order chi connectivity index (χ1) is 7.36. The van der Waals surface area contributed by atoms with Crippen molar-refractivity contribution in [3.05, 3.63) is 35.4 Å². The van der Waals surface area contributed by atoms with Crippen molar-refractivity contribution in [2.24, 2.45) is 0 Å². The van der Waals surface area contributed by atoms with E-state index in [1.165, 1.54) is 45.2 Å². The molecular weight excluding hydrogens is 297 g/mol. The van der Waals surface area contributed by atoms with Gasteiger partial charge in [-0.3, -0.25) is 0 Å². The zero-order valence-corrected chi connectivity index (χ0v) is 11.2. The molecule has 0 spiro atoms. The number of fused-ring (bicyclic) bond motifs is 1. The molecule has 1 nitrogen and oxygen atoms in total. The number of hydrogen-bond acceptors (Lipinski definition) is 1. The fraction of sp³-hybridized carbons (Fsp3) is 0.538. The summed E-state index contributed by atoms with van der Waals surface area (Å²) in [6.45, 7) is 2.61. The highest BCUT2D eigenvalue weighted by Crippen LogP contribution is 2.20. The van der Waals surface area contributed by atoms with Crippen molar-refractivity contribution in [2.75, 3.05) is 13.1 Å². The van der Waals surface area contributed by atoms with Crippen LogP contribution in [0.15, 0.2) is 24.3 Å². The molecule has 1 aliphatic heterocycles. The SMILES string of the molecule is IN1CCCCC1.c1ccc2c(c1)CC2. The standard InChI is InChI=1S/C8H8.C5H10IN/c1-2-4-8-6-5-7(8)3-1;6-7-4-2-1-3-5-7/h1-4H,5-6H2;1-5H2. The molecule has 0 amide bonds. The largest absolute Gasteiger partial charge is 0.248 e. The molecule has 0 atom stereocenters. The van der Waals surface area contributed by atoms with Gasteiger partial charge < -0.3 is 0 Å². The molecule has 0 N–H and O–H groups in total. The summed E-state index contributed by atoms with van der Waals surface area (Å²) in [6, 6.07) is 8.63. The van der Waals surface area contributed by atoms with Gasteiger partial charge in [-0.15, -0.1) is 0 Å². The molecule has 0 bridgehead atoms. The summed E-state index contributed by atoms with van der Waals surface area (Å²) in [6.07, 6.45) is 6.86. The van der Waals surface area contributed by atoms with Gasteiger partial charge in [0.05, 0.1) is 0 Å². The summed E-state index contributed by atoms with van der Waals surface area (Å²) < 4.78 is 2.36. The molecule has 3 rings (SSSR count). The van der Waals surface area contributed by atoms with E-state index in [-0.39, 0.29) is 0 Å². The first-order valence-electron chi connectivity index (χ1n) is 5.84. The summed E-state index contributed by atoms with van der Waals surface area (Å²) in [7, 11) is 0. The Morgan fingerprint density at radius 1 is 0.867 bits per heavy atom. The number of piperidine rings is 1. The quantitative estimate of drug-likeness (QED) is 0.522. The topological polar surface area (TPSA) is 3.24 Å². The molecule has 1 fully saturated rings. The molecule has 1 heterocycles. The van der Waals surface area contributed by atoms with Crippen LogP contribution >= 0.6 is 22.9 Å². The van der Waals surface area contributed by atoms with Crippen LogP contribution in [0.25, 0.3) is 0 Å². The Morgan fingerprint density at radius 3 is 1.67 bits per heavy atom. The van der Waals surface area contributed by atoms with E-state index in [0.29, 0.717) is 0 Å². The van der Waals surface area contributed by atoms with E-state index in [1.807, 2.05) is 0 Å². The minimum absolute atomic E-state index is 1.30. The zero-order valence-electron chi connectivity index (χ0n) is 9.08. The van der Waals surface area contributed by atoms with Gasteiger partial charge in [-0.25, -0.2) is 3.11 Å². The van der Waals surface area contributed by atoms with E-state index in [1.54, 1.807) is 11.1 Å². The smallest absolute Gasteiger partial charge is 0.0201 e. The maximum atomic E-state index is 2.39. The van der Waals surface area contributed by atoms with Gasteiger partial charge in [-0.1, -0.05) is 30.7 Å². The molecule has 0 unspecified atom stereocenters. The predicted molar refractivity (Wildman–Crippen MR) is 73.3 cm³/mol. The van der Waals surface area contributed by atoms with Crippen molar-refractivity contribution in [2.45, 2.75) is 32.1 Å². The summed E-state index contributed by atoms with van der Waals surface area (Å²) in [5, 5.41) is 0. The molecule has 1 aromatic carbocycles. The Kier molecular flexibility index (Phi) is 4.44. The van der Waals surface area contributed by atoms with Crippen LogP contribution in [0.4, 0.5) is 0 Å². The minimum Gasteiger partial charge on any atom is -0.248 e. The van der Waals surface area contributed by atoms with Crippen LogP contribution in [0.2, 0.25) is 0 Å². The Balaban J connectivity index is 0.000000115. The Morgan fingerprint density at radius 2 is 1.40 bits per heavy atom. The Hall–Kier alpha value is -0.0900. The molecule has 0 saturated carbocycles. The van der Waals surface area contributed by atoms with Gasteiger partial charge in [0.15, 0.2) is 0 Å². The molecule has 2 aliphatic rings. The molecule has 2 heteroatoms. The highest BCUT2D eigenvalue weighted by atomic mass is 127. The Bertz CT molecular complexity index is 282. The van der Waals surface area contributed by atoms with E-state index in [0.717, 1.165) is 0 Å². The maximum absolute atomic E-state index is 2.39. The first kappa shape index (κ1) is 11.4. The second-order valence-electron chi connectivity index (χ2n) is 4.24. The highest BCUT2D eigenvalue weighted by Gasteiger charge is 2.09. The van der Waals surface area contributed by atoms with Gasteiger partial charge in [0.25, 0.3) is 0 Å². The fourth-order valence-corrected chi connectivity index (χ4v) is 2.68. The molecule has 1 saturated heterocycles. The third-order valence-electron chi connectivity index (χ3n) is 3.08. The second kappa shape index (κ2) is 5.85. The number of aryl methyl sites for hydroxylation is 2. The molecule has 0 radical (unpaired) electrons. The van der Waals surface area contributed by atoms with Crippen molar-refractivity contribution >= 4 is 22.9 Å². The Labute approximate surface area is 106 Å². The average molecular weight is 315 g/mol. The van der Waals surface area contributed by atoms with Gasteiger partial charge in [-0.2, -0.15) is 0 Å². The number of nitrogens with zero attached hydrogens (tertiary/aromatic N) is 1. The lowest BCUT2D eigenvalue weighted by molar-refractivity contribution is 0.407. The van der Waals surface area contributed by atoms with E-state index >= 15 is 0 Å². The van der Waals surface area contributed by atoms with Crippen LogP contribution in [0.1, 0.15) is 30.4 Å². The number of benzene rings is 1. The molecular formula is C13H18IN. The molecule has 15 heavy (non-hydrogen) atoms. The number of rotatable bonds is 0. The van der Waals surface area contributed by atoms with Crippen molar-refractivity contribution in [1.29, 1.82) is 0 Å². The van der Waals surface area contributed by atoms with Crippen LogP contribution in [-0.4, -0.2) is 16.2 Å². The van der Waals surface area contributed by atoms with E-state index < -0.39 is 0 Å². The van der Waals surface area contributed by atoms with Crippen molar-refractivity contribution in [3.8, 4) is 0 Å². The van der Waals surface area contributed by atoms with Crippen LogP contribution in [0.3, 0.4) is 0 Å². The highest BCUT2D eigenvalue weighted by molar-refractivity contribution is 14.1. The van der Waals surface area contributed by atoms with Crippen LogP contribution in [0.5, 0.6) is 0 Å². The van der Waals surface area contributed by atoms with Crippen molar-refractivity contribution in [1.82, 2.24) is 3.11 Å². The van der Waals surface area contributed by atoms with Crippen LogP contribution < -0.4 is 0 Å². The minimum atomic E-state index is 1.30. The van der Waals surface area contributed by atoms with Gasteiger partial charge in [0.2, 0.25) is 0 Å². The molecule has 1 aromatic rings. The van der Waals surface area contributed by atoms with Gasteiger partial charge >= 0.3 is 0 Å². The van der Waals surface area contributed by atoms with E-state index in [9.17, 15) is 0 Å². The number of hydrogen-bond donors (Lipinski definition) is 0. The lowest BCUT2D eigenvalue weighted by Crippen LogP contribution is -2.18. The number of halogens is 1. The second-order valence-corrected chi connectivity index (χ2v) is 5.60. The predicted octanol–water partition coefficient (Wildman–Crippen LogP) is 3.61.